The molecule has 0 amide bonds. The highest BCUT2D eigenvalue weighted by molar-refractivity contribution is 8.00. The molecular weight excluding hydrogens is 276 g/mol. The van der Waals surface area contributed by atoms with E-state index in [2.05, 4.69) is 41.7 Å². The van der Waals surface area contributed by atoms with Gasteiger partial charge in [0.25, 0.3) is 0 Å². The number of nitrogen functional groups attached to an aromatic ring is 1. The van der Waals surface area contributed by atoms with E-state index in [4.69, 9.17) is 5.73 Å². The number of aromatic nitrogens is 2. The van der Waals surface area contributed by atoms with Gasteiger partial charge in [0.05, 0.1) is 5.39 Å². The number of rotatable bonds is 1. The van der Waals surface area contributed by atoms with Gasteiger partial charge in [0.15, 0.2) is 0 Å². The van der Waals surface area contributed by atoms with Crippen molar-refractivity contribution in [2.24, 2.45) is 0 Å². The molecule has 4 nitrogen and oxygen atoms in total. The van der Waals surface area contributed by atoms with Crippen molar-refractivity contribution in [2.45, 2.75) is 31.3 Å². The SMILES string of the molecule is Cc1cc2c(N3CC(C)SC(C)C3)nc(N)nc2s1. The van der Waals surface area contributed by atoms with Gasteiger partial charge in [-0.3, -0.25) is 0 Å². The summed E-state index contributed by atoms with van der Waals surface area (Å²) < 4.78 is 0. The summed E-state index contributed by atoms with van der Waals surface area (Å²) >= 11 is 3.72. The van der Waals surface area contributed by atoms with Gasteiger partial charge in [-0.25, -0.2) is 4.98 Å². The number of hydrogen-bond acceptors (Lipinski definition) is 6. The molecule has 3 heterocycles. The van der Waals surface area contributed by atoms with Crippen LogP contribution in [0.3, 0.4) is 0 Å². The fraction of sp³-hybridized carbons (Fsp3) is 0.538. The minimum atomic E-state index is 0.378. The molecule has 0 aromatic carbocycles. The van der Waals surface area contributed by atoms with Crippen LogP contribution in [0.4, 0.5) is 11.8 Å². The van der Waals surface area contributed by atoms with Crippen LogP contribution in [0.15, 0.2) is 6.07 Å². The van der Waals surface area contributed by atoms with Gasteiger partial charge >= 0.3 is 0 Å². The molecule has 1 aliphatic heterocycles. The maximum Gasteiger partial charge on any atom is 0.223 e. The molecule has 0 bridgehead atoms. The Morgan fingerprint density at radius 3 is 2.63 bits per heavy atom. The molecule has 2 aromatic heterocycles. The van der Waals surface area contributed by atoms with Crippen LogP contribution in [-0.2, 0) is 0 Å². The van der Waals surface area contributed by atoms with Crippen molar-refractivity contribution in [1.29, 1.82) is 0 Å². The second kappa shape index (κ2) is 4.83. The third kappa shape index (κ3) is 2.51. The quantitative estimate of drug-likeness (QED) is 0.876. The molecule has 2 unspecified atom stereocenters. The lowest BCUT2D eigenvalue weighted by Crippen LogP contribution is -2.41. The summed E-state index contributed by atoms with van der Waals surface area (Å²) in [7, 11) is 0. The molecular formula is C13H18N4S2. The molecule has 2 atom stereocenters. The van der Waals surface area contributed by atoms with Gasteiger partial charge in [-0.05, 0) is 13.0 Å². The molecule has 0 radical (unpaired) electrons. The number of nitrogens with two attached hydrogens (primary N) is 1. The second-order valence-electron chi connectivity index (χ2n) is 5.14. The van der Waals surface area contributed by atoms with Crippen LogP contribution in [-0.4, -0.2) is 33.6 Å². The Labute approximate surface area is 121 Å². The summed E-state index contributed by atoms with van der Waals surface area (Å²) in [4.78, 5) is 13.5. The molecule has 1 fully saturated rings. The lowest BCUT2D eigenvalue weighted by molar-refractivity contribution is 0.721. The molecule has 0 spiro atoms. The van der Waals surface area contributed by atoms with Gasteiger partial charge in [0.2, 0.25) is 5.95 Å². The second-order valence-corrected chi connectivity index (χ2v) is 8.26. The van der Waals surface area contributed by atoms with E-state index in [0.29, 0.717) is 16.4 Å². The zero-order valence-corrected chi connectivity index (χ0v) is 13.0. The Hall–Kier alpha value is -1.01. The van der Waals surface area contributed by atoms with Crippen LogP contribution in [0.25, 0.3) is 10.2 Å². The Bertz CT molecular complexity index is 600. The minimum absolute atomic E-state index is 0.378. The van der Waals surface area contributed by atoms with Crippen LogP contribution >= 0.6 is 23.1 Å². The Balaban J connectivity index is 2.08. The van der Waals surface area contributed by atoms with E-state index < -0.39 is 0 Å². The van der Waals surface area contributed by atoms with Crippen molar-refractivity contribution < 1.29 is 0 Å². The van der Waals surface area contributed by atoms with Crippen LogP contribution in [0.1, 0.15) is 18.7 Å². The van der Waals surface area contributed by atoms with Crippen molar-refractivity contribution in [2.75, 3.05) is 23.7 Å². The molecule has 6 heteroatoms. The maximum absolute atomic E-state index is 5.86. The van der Waals surface area contributed by atoms with Crippen molar-refractivity contribution >= 4 is 45.1 Å². The third-order valence-electron chi connectivity index (χ3n) is 3.23. The summed E-state index contributed by atoms with van der Waals surface area (Å²) in [6.07, 6.45) is 0. The Morgan fingerprint density at radius 1 is 1.26 bits per heavy atom. The van der Waals surface area contributed by atoms with Gasteiger partial charge in [-0.1, -0.05) is 13.8 Å². The van der Waals surface area contributed by atoms with Gasteiger partial charge in [0.1, 0.15) is 10.6 Å². The first-order valence-electron chi connectivity index (χ1n) is 6.47. The minimum Gasteiger partial charge on any atom is -0.368 e. The molecule has 1 saturated heterocycles. The average Bonchev–Trinajstić information content (AvgIpc) is 2.66. The van der Waals surface area contributed by atoms with Crippen molar-refractivity contribution in [3.05, 3.63) is 10.9 Å². The van der Waals surface area contributed by atoms with Crippen molar-refractivity contribution in [1.82, 2.24) is 9.97 Å². The number of anilines is 2. The number of aryl methyl sites for hydroxylation is 1. The summed E-state index contributed by atoms with van der Waals surface area (Å²) in [5.41, 5.74) is 5.86. The Kier molecular flexibility index (Phi) is 3.30. The lowest BCUT2D eigenvalue weighted by Gasteiger charge is -2.35. The van der Waals surface area contributed by atoms with E-state index in [1.165, 1.54) is 4.88 Å². The largest absolute Gasteiger partial charge is 0.368 e. The van der Waals surface area contributed by atoms with E-state index in [0.717, 1.165) is 29.1 Å². The summed E-state index contributed by atoms with van der Waals surface area (Å²) in [5, 5.41) is 2.38. The molecule has 0 saturated carbocycles. The molecule has 3 rings (SSSR count). The van der Waals surface area contributed by atoms with Crippen LogP contribution in [0.2, 0.25) is 0 Å². The maximum atomic E-state index is 5.86. The van der Waals surface area contributed by atoms with E-state index in [9.17, 15) is 0 Å². The van der Waals surface area contributed by atoms with Crippen molar-refractivity contribution in [3.8, 4) is 0 Å². The van der Waals surface area contributed by atoms with Gasteiger partial charge in [0, 0.05) is 28.5 Å². The highest BCUT2D eigenvalue weighted by atomic mass is 32.2. The van der Waals surface area contributed by atoms with Crippen molar-refractivity contribution in [3.63, 3.8) is 0 Å². The first-order valence-corrected chi connectivity index (χ1v) is 8.23. The number of thioether (sulfide) groups is 1. The molecule has 2 aromatic rings. The highest BCUT2D eigenvalue weighted by Crippen LogP contribution is 2.34. The third-order valence-corrected chi connectivity index (χ3v) is 5.40. The van der Waals surface area contributed by atoms with Crippen LogP contribution < -0.4 is 10.6 Å². The molecule has 102 valence electrons. The fourth-order valence-corrected chi connectivity index (χ4v) is 4.84. The van der Waals surface area contributed by atoms with Crippen LogP contribution in [0.5, 0.6) is 0 Å². The van der Waals surface area contributed by atoms with Gasteiger partial charge in [-0.2, -0.15) is 16.7 Å². The van der Waals surface area contributed by atoms with Gasteiger partial charge in [-0.15, -0.1) is 11.3 Å². The smallest absolute Gasteiger partial charge is 0.223 e. The average molecular weight is 294 g/mol. The predicted molar refractivity (Wildman–Crippen MR) is 85.3 cm³/mol. The Morgan fingerprint density at radius 2 is 1.95 bits per heavy atom. The topological polar surface area (TPSA) is 55.0 Å². The number of fused-ring (bicyclic) bond motifs is 1. The van der Waals surface area contributed by atoms with Gasteiger partial charge < -0.3 is 10.6 Å². The molecule has 19 heavy (non-hydrogen) atoms. The fourth-order valence-electron chi connectivity index (χ4n) is 2.63. The first-order chi connectivity index (χ1) is 9.02. The standard InChI is InChI=1S/C13H18N4S2/c1-7-4-10-11(15-13(14)16-12(10)19-7)17-5-8(2)18-9(3)6-17/h4,8-9H,5-6H2,1-3H3,(H2,14,15,16). The normalized spacial score (nSPS) is 24.1. The highest BCUT2D eigenvalue weighted by Gasteiger charge is 2.25. The summed E-state index contributed by atoms with van der Waals surface area (Å²) in [6.45, 7) is 8.69. The molecule has 2 N–H and O–H groups in total. The number of thiophene rings is 1. The first kappa shape index (κ1) is 13.0. The number of hydrogen-bond donors (Lipinski definition) is 1. The van der Waals surface area contributed by atoms with E-state index in [-0.39, 0.29) is 0 Å². The molecule has 1 aliphatic rings. The zero-order valence-electron chi connectivity index (χ0n) is 11.4. The lowest BCUT2D eigenvalue weighted by atomic mass is 10.2. The summed E-state index contributed by atoms with van der Waals surface area (Å²) in [5.74, 6) is 1.38. The molecule has 0 aliphatic carbocycles. The monoisotopic (exact) mass is 294 g/mol. The van der Waals surface area contributed by atoms with E-state index in [1.807, 2.05) is 11.8 Å². The number of nitrogens with zero attached hydrogens (tertiary/aromatic N) is 3. The summed E-state index contributed by atoms with van der Waals surface area (Å²) in [6, 6.07) is 2.17. The predicted octanol–water partition coefficient (Wildman–Crippen LogP) is 2.91. The van der Waals surface area contributed by atoms with E-state index >= 15 is 0 Å². The van der Waals surface area contributed by atoms with Crippen LogP contribution in [0, 0.1) is 6.92 Å². The zero-order chi connectivity index (χ0) is 13.6. The van der Waals surface area contributed by atoms with E-state index in [1.54, 1.807) is 11.3 Å².